The highest BCUT2D eigenvalue weighted by Crippen LogP contribution is 2.25. The number of halogens is 2. The van der Waals surface area contributed by atoms with Gasteiger partial charge in [0, 0.05) is 10.6 Å². The Morgan fingerprint density at radius 2 is 1.88 bits per heavy atom. The molecule has 4 nitrogen and oxygen atoms in total. The summed E-state index contributed by atoms with van der Waals surface area (Å²) in [6, 6.07) is 12.2. The number of hydrogen-bond donors (Lipinski definition) is 1. The summed E-state index contributed by atoms with van der Waals surface area (Å²) < 4.78 is 30.2. The van der Waals surface area contributed by atoms with E-state index in [4.69, 9.17) is 27.9 Å². The van der Waals surface area contributed by atoms with E-state index in [0.29, 0.717) is 18.1 Å². The van der Waals surface area contributed by atoms with Crippen molar-refractivity contribution in [3.8, 4) is 5.75 Å². The fraction of sp³-hybridized carbons (Fsp3) is 0.294. The second-order valence-corrected chi connectivity index (χ2v) is 8.55. The number of nitrogens with one attached hydrogen (secondary N) is 1. The van der Waals surface area contributed by atoms with Gasteiger partial charge in [-0.15, -0.1) is 0 Å². The summed E-state index contributed by atoms with van der Waals surface area (Å²) in [5, 5.41) is 0.555. The SMILES string of the molecule is COc1cccc(C[NH+](C)CCS(=O)(=O)c2cc(Cl)ccc2Cl)c1. The van der Waals surface area contributed by atoms with E-state index in [-0.39, 0.29) is 15.7 Å². The zero-order valence-corrected chi connectivity index (χ0v) is 15.9. The minimum atomic E-state index is -3.48. The molecular formula is C17H20Cl2NO3S+. The quantitative estimate of drug-likeness (QED) is 0.792. The average Bonchev–Trinajstić information content (AvgIpc) is 2.55. The van der Waals surface area contributed by atoms with Gasteiger partial charge in [-0.05, 0) is 30.3 Å². The highest BCUT2D eigenvalue weighted by molar-refractivity contribution is 7.91. The molecule has 0 heterocycles. The van der Waals surface area contributed by atoms with Crippen LogP contribution >= 0.6 is 23.2 Å². The molecule has 130 valence electrons. The van der Waals surface area contributed by atoms with E-state index in [2.05, 4.69) is 0 Å². The normalized spacial score (nSPS) is 12.8. The minimum absolute atomic E-state index is 0.00284. The third kappa shape index (κ3) is 5.11. The van der Waals surface area contributed by atoms with E-state index in [0.717, 1.165) is 16.2 Å². The van der Waals surface area contributed by atoms with Crippen LogP contribution in [0.4, 0.5) is 0 Å². The molecule has 0 aliphatic heterocycles. The predicted octanol–water partition coefficient (Wildman–Crippen LogP) is 2.49. The first-order chi connectivity index (χ1) is 11.3. The molecule has 2 aromatic carbocycles. The van der Waals surface area contributed by atoms with Crippen LogP contribution in [0.3, 0.4) is 0 Å². The maximum Gasteiger partial charge on any atom is 0.185 e. The summed E-state index contributed by atoms with van der Waals surface area (Å²) >= 11 is 11.9. The molecule has 1 N–H and O–H groups in total. The van der Waals surface area contributed by atoms with Crippen molar-refractivity contribution in [1.29, 1.82) is 0 Å². The highest BCUT2D eigenvalue weighted by Gasteiger charge is 2.20. The molecule has 0 spiro atoms. The van der Waals surface area contributed by atoms with Crippen molar-refractivity contribution < 1.29 is 18.1 Å². The van der Waals surface area contributed by atoms with Gasteiger partial charge in [-0.2, -0.15) is 0 Å². The number of methoxy groups -OCH3 is 1. The Balaban J connectivity index is 2.02. The van der Waals surface area contributed by atoms with Crippen LogP contribution in [0.2, 0.25) is 10.0 Å². The largest absolute Gasteiger partial charge is 0.497 e. The first-order valence-corrected chi connectivity index (χ1v) is 9.84. The van der Waals surface area contributed by atoms with Crippen molar-refractivity contribution in [2.45, 2.75) is 11.4 Å². The number of hydrogen-bond acceptors (Lipinski definition) is 3. The van der Waals surface area contributed by atoms with Gasteiger partial charge in [-0.3, -0.25) is 0 Å². The molecule has 0 aliphatic rings. The van der Waals surface area contributed by atoms with E-state index < -0.39 is 9.84 Å². The van der Waals surface area contributed by atoms with Crippen molar-refractivity contribution in [1.82, 2.24) is 0 Å². The van der Waals surface area contributed by atoms with Crippen LogP contribution in [0.1, 0.15) is 5.56 Å². The average molecular weight is 389 g/mol. The van der Waals surface area contributed by atoms with Crippen LogP contribution in [0.15, 0.2) is 47.4 Å². The summed E-state index contributed by atoms with van der Waals surface area (Å²) in [6.07, 6.45) is 0. The Bertz CT molecular complexity index is 809. The zero-order valence-electron chi connectivity index (χ0n) is 13.6. The summed E-state index contributed by atoms with van der Waals surface area (Å²) in [4.78, 5) is 1.16. The molecular weight excluding hydrogens is 369 g/mol. The van der Waals surface area contributed by atoms with E-state index >= 15 is 0 Å². The predicted molar refractivity (Wildman–Crippen MR) is 97.0 cm³/mol. The summed E-state index contributed by atoms with van der Waals surface area (Å²) in [7, 11) is 0.0994. The van der Waals surface area contributed by atoms with Gasteiger partial charge in [0.1, 0.15) is 18.0 Å². The van der Waals surface area contributed by atoms with Gasteiger partial charge in [0.2, 0.25) is 0 Å². The third-order valence-corrected chi connectivity index (χ3v) is 6.09. The standard InChI is InChI=1S/C17H19Cl2NO3S/c1-20(12-13-4-3-5-15(10-13)23-2)8-9-24(21,22)17-11-14(18)6-7-16(17)19/h3-7,10-11H,8-9,12H2,1-2H3/p+1. The molecule has 0 aliphatic carbocycles. The molecule has 0 aromatic heterocycles. The Kier molecular flexibility index (Phi) is 6.52. The summed E-state index contributed by atoms with van der Waals surface area (Å²) in [5.74, 6) is 0.793. The van der Waals surface area contributed by atoms with Crippen molar-refractivity contribution in [2.24, 2.45) is 0 Å². The number of benzene rings is 2. The monoisotopic (exact) mass is 388 g/mol. The first kappa shape index (κ1) is 19.1. The van der Waals surface area contributed by atoms with Crippen LogP contribution in [0, 0.1) is 0 Å². The molecule has 0 amide bonds. The molecule has 0 bridgehead atoms. The Hall–Kier alpha value is -1.27. The van der Waals surface area contributed by atoms with E-state index in [1.807, 2.05) is 31.3 Å². The zero-order chi connectivity index (χ0) is 17.7. The molecule has 0 saturated carbocycles. The molecule has 2 aromatic rings. The fourth-order valence-electron chi connectivity index (χ4n) is 2.35. The van der Waals surface area contributed by atoms with Crippen LogP contribution < -0.4 is 9.64 Å². The lowest BCUT2D eigenvalue weighted by atomic mass is 10.2. The number of quaternary nitrogens is 1. The number of sulfone groups is 1. The van der Waals surface area contributed by atoms with Crippen LogP contribution in [0.25, 0.3) is 0 Å². The Morgan fingerprint density at radius 1 is 1.12 bits per heavy atom. The minimum Gasteiger partial charge on any atom is -0.497 e. The maximum atomic E-state index is 12.5. The lowest BCUT2D eigenvalue weighted by Crippen LogP contribution is -3.08. The van der Waals surface area contributed by atoms with Gasteiger partial charge in [-0.25, -0.2) is 8.42 Å². The highest BCUT2D eigenvalue weighted by atomic mass is 35.5. The van der Waals surface area contributed by atoms with Crippen molar-refractivity contribution in [3.63, 3.8) is 0 Å². The Morgan fingerprint density at radius 3 is 2.58 bits per heavy atom. The second-order valence-electron chi connectivity index (χ2n) is 5.63. The lowest BCUT2D eigenvalue weighted by molar-refractivity contribution is -0.891. The summed E-state index contributed by atoms with van der Waals surface area (Å²) in [6.45, 7) is 1.17. The fourth-order valence-corrected chi connectivity index (χ4v) is 4.57. The van der Waals surface area contributed by atoms with Gasteiger partial charge in [0.05, 0.1) is 30.6 Å². The third-order valence-electron chi connectivity index (χ3n) is 3.67. The molecule has 0 fully saturated rings. The van der Waals surface area contributed by atoms with Gasteiger partial charge < -0.3 is 9.64 Å². The molecule has 24 heavy (non-hydrogen) atoms. The molecule has 1 unspecified atom stereocenters. The molecule has 7 heteroatoms. The van der Waals surface area contributed by atoms with E-state index in [1.54, 1.807) is 13.2 Å². The van der Waals surface area contributed by atoms with E-state index in [1.165, 1.54) is 12.1 Å². The van der Waals surface area contributed by atoms with Crippen molar-refractivity contribution in [3.05, 3.63) is 58.1 Å². The lowest BCUT2D eigenvalue weighted by Gasteiger charge is -2.15. The van der Waals surface area contributed by atoms with Gasteiger partial charge >= 0.3 is 0 Å². The summed E-state index contributed by atoms with van der Waals surface area (Å²) in [5.41, 5.74) is 1.09. The Labute approximate surface area is 152 Å². The van der Waals surface area contributed by atoms with Gasteiger partial charge in [0.15, 0.2) is 9.84 Å². The van der Waals surface area contributed by atoms with E-state index in [9.17, 15) is 8.42 Å². The number of rotatable bonds is 7. The van der Waals surface area contributed by atoms with Crippen LogP contribution in [0.5, 0.6) is 5.75 Å². The second kappa shape index (κ2) is 8.21. The molecule has 0 saturated heterocycles. The molecule has 2 rings (SSSR count). The first-order valence-electron chi connectivity index (χ1n) is 7.44. The smallest absolute Gasteiger partial charge is 0.185 e. The van der Waals surface area contributed by atoms with Crippen LogP contribution in [-0.4, -0.2) is 34.9 Å². The van der Waals surface area contributed by atoms with Gasteiger partial charge in [0.25, 0.3) is 0 Å². The van der Waals surface area contributed by atoms with Crippen LogP contribution in [-0.2, 0) is 16.4 Å². The topological polar surface area (TPSA) is 47.8 Å². The van der Waals surface area contributed by atoms with Crippen molar-refractivity contribution in [2.75, 3.05) is 26.5 Å². The van der Waals surface area contributed by atoms with Crippen molar-refractivity contribution >= 4 is 33.0 Å². The molecule has 0 radical (unpaired) electrons. The van der Waals surface area contributed by atoms with Gasteiger partial charge in [-0.1, -0.05) is 35.3 Å². The molecule has 1 atom stereocenters. The maximum absolute atomic E-state index is 12.5. The number of ether oxygens (including phenoxy) is 1.